The lowest BCUT2D eigenvalue weighted by molar-refractivity contribution is 0.0948. The maximum atomic E-state index is 14.1. The molecule has 5 nitrogen and oxygen atoms in total. The van der Waals surface area contributed by atoms with Crippen LogP contribution in [0.25, 0.3) is 11.3 Å². The Morgan fingerprint density at radius 1 is 1.38 bits per heavy atom. The van der Waals surface area contributed by atoms with E-state index in [1.54, 1.807) is 13.0 Å². The quantitative estimate of drug-likeness (QED) is 0.827. The smallest absolute Gasteiger partial charge is 0.257 e. The second-order valence-electron chi connectivity index (χ2n) is 5.34. The third-order valence-corrected chi connectivity index (χ3v) is 4.21. The van der Waals surface area contributed by atoms with E-state index in [0.717, 1.165) is 19.6 Å². The van der Waals surface area contributed by atoms with Gasteiger partial charge in [0.1, 0.15) is 22.8 Å². The van der Waals surface area contributed by atoms with Crippen molar-refractivity contribution < 1.29 is 13.7 Å². The molecule has 1 aromatic heterocycles. The van der Waals surface area contributed by atoms with E-state index < -0.39 is 5.82 Å². The molecule has 0 spiro atoms. The summed E-state index contributed by atoms with van der Waals surface area (Å²) in [5, 5.41) is 6.84. The Bertz CT molecular complexity index is 694. The number of carbonyl (C=O) groups is 1. The van der Waals surface area contributed by atoms with E-state index in [1.807, 2.05) is 0 Å². The molecule has 130 valence electrons. The summed E-state index contributed by atoms with van der Waals surface area (Å²) in [6.45, 7) is 8.78. The number of amides is 1. The molecule has 2 aromatic rings. The lowest BCUT2D eigenvalue weighted by Gasteiger charge is -2.18. The molecule has 0 saturated carbocycles. The van der Waals surface area contributed by atoms with Crippen molar-refractivity contribution in [1.82, 2.24) is 15.4 Å². The number of likely N-dealkylation sites (N-methyl/N-ethyl adjacent to an activating group) is 1. The van der Waals surface area contributed by atoms with Gasteiger partial charge in [-0.15, -0.1) is 0 Å². The average molecular weight is 354 g/mol. The first kappa shape index (κ1) is 18.4. The molecule has 1 heterocycles. The highest BCUT2D eigenvalue weighted by Gasteiger charge is 2.25. The second kappa shape index (κ2) is 8.26. The molecule has 0 atom stereocenters. The highest BCUT2D eigenvalue weighted by atomic mass is 35.5. The molecule has 24 heavy (non-hydrogen) atoms. The van der Waals surface area contributed by atoms with Crippen LogP contribution in [0.4, 0.5) is 4.39 Å². The molecule has 0 unspecified atom stereocenters. The van der Waals surface area contributed by atoms with Crippen LogP contribution in [0.5, 0.6) is 0 Å². The van der Waals surface area contributed by atoms with Gasteiger partial charge >= 0.3 is 0 Å². The minimum atomic E-state index is -0.548. The van der Waals surface area contributed by atoms with Crippen molar-refractivity contribution >= 4 is 17.5 Å². The van der Waals surface area contributed by atoms with E-state index in [0.29, 0.717) is 12.3 Å². The van der Waals surface area contributed by atoms with Gasteiger partial charge in [0.2, 0.25) is 0 Å². The maximum Gasteiger partial charge on any atom is 0.257 e. The van der Waals surface area contributed by atoms with Crippen LogP contribution in [0.15, 0.2) is 22.7 Å². The fourth-order valence-electron chi connectivity index (χ4n) is 2.49. The van der Waals surface area contributed by atoms with Gasteiger partial charge in [-0.3, -0.25) is 4.79 Å². The highest BCUT2D eigenvalue weighted by Crippen LogP contribution is 2.33. The molecule has 1 N–H and O–H groups in total. The van der Waals surface area contributed by atoms with Gasteiger partial charge in [0.05, 0.1) is 10.6 Å². The molecule has 0 saturated heterocycles. The van der Waals surface area contributed by atoms with Crippen molar-refractivity contribution in [2.24, 2.45) is 0 Å². The Labute approximate surface area is 145 Å². The van der Waals surface area contributed by atoms with Gasteiger partial charge < -0.3 is 14.7 Å². The summed E-state index contributed by atoms with van der Waals surface area (Å²) in [6, 6.07) is 4.32. The van der Waals surface area contributed by atoms with Gasteiger partial charge in [0.15, 0.2) is 0 Å². The molecule has 1 aromatic carbocycles. The van der Waals surface area contributed by atoms with E-state index >= 15 is 0 Å². The highest BCUT2D eigenvalue weighted by molar-refractivity contribution is 6.33. The van der Waals surface area contributed by atoms with Gasteiger partial charge in [-0.1, -0.05) is 36.7 Å². The van der Waals surface area contributed by atoms with E-state index in [9.17, 15) is 9.18 Å². The molecule has 1 amide bonds. The molecular formula is C17H21ClFN3O2. The summed E-state index contributed by atoms with van der Waals surface area (Å²) in [4.78, 5) is 14.7. The molecule has 0 bridgehead atoms. The van der Waals surface area contributed by atoms with Crippen molar-refractivity contribution in [2.45, 2.75) is 20.8 Å². The lowest BCUT2D eigenvalue weighted by Crippen LogP contribution is -2.35. The summed E-state index contributed by atoms with van der Waals surface area (Å²) in [7, 11) is 0. The molecule has 0 aliphatic rings. The van der Waals surface area contributed by atoms with E-state index in [2.05, 4.69) is 29.2 Å². The zero-order valence-corrected chi connectivity index (χ0v) is 14.8. The van der Waals surface area contributed by atoms with E-state index in [-0.39, 0.29) is 27.8 Å². The van der Waals surface area contributed by atoms with Gasteiger partial charge in [0, 0.05) is 13.1 Å². The van der Waals surface area contributed by atoms with Crippen molar-refractivity contribution in [3.8, 4) is 11.3 Å². The molecular weight excluding hydrogens is 333 g/mol. The number of aromatic nitrogens is 1. The Morgan fingerprint density at radius 2 is 2.08 bits per heavy atom. The van der Waals surface area contributed by atoms with Gasteiger partial charge in [-0.2, -0.15) is 0 Å². The molecule has 0 radical (unpaired) electrons. The van der Waals surface area contributed by atoms with Crippen LogP contribution in [0.2, 0.25) is 5.02 Å². The first-order chi connectivity index (χ1) is 11.5. The minimum absolute atomic E-state index is 0.0740. The third kappa shape index (κ3) is 3.94. The van der Waals surface area contributed by atoms with Crippen LogP contribution in [0.1, 0.15) is 30.0 Å². The van der Waals surface area contributed by atoms with E-state index in [4.69, 9.17) is 16.1 Å². The number of hydrogen-bond acceptors (Lipinski definition) is 4. The number of nitrogens with one attached hydrogen (secondary N) is 1. The Hall–Kier alpha value is -1.92. The lowest BCUT2D eigenvalue weighted by atomic mass is 10.0. The summed E-state index contributed by atoms with van der Waals surface area (Å²) in [6.07, 6.45) is 0. The van der Waals surface area contributed by atoms with Crippen LogP contribution in [0.3, 0.4) is 0 Å². The van der Waals surface area contributed by atoms with Crippen LogP contribution in [-0.4, -0.2) is 42.1 Å². The molecule has 0 aliphatic carbocycles. The van der Waals surface area contributed by atoms with Gasteiger partial charge in [-0.05, 0) is 32.1 Å². The predicted molar refractivity (Wildman–Crippen MR) is 91.8 cm³/mol. The number of nitrogens with zero attached hydrogens (tertiary/aromatic N) is 2. The fraction of sp³-hybridized carbons (Fsp3) is 0.412. The summed E-state index contributed by atoms with van der Waals surface area (Å²) in [5.41, 5.74) is 0.405. The Morgan fingerprint density at radius 3 is 2.71 bits per heavy atom. The number of rotatable bonds is 7. The predicted octanol–water partition coefficient (Wildman–Crippen LogP) is 3.51. The van der Waals surface area contributed by atoms with Crippen molar-refractivity contribution in [2.75, 3.05) is 26.2 Å². The van der Waals surface area contributed by atoms with Crippen LogP contribution >= 0.6 is 11.6 Å². The van der Waals surface area contributed by atoms with Gasteiger partial charge in [0.25, 0.3) is 5.91 Å². The van der Waals surface area contributed by atoms with Crippen molar-refractivity contribution in [3.63, 3.8) is 0 Å². The first-order valence-electron chi connectivity index (χ1n) is 7.90. The first-order valence-corrected chi connectivity index (χ1v) is 8.28. The van der Waals surface area contributed by atoms with Crippen LogP contribution in [0, 0.1) is 12.7 Å². The van der Waals surface area contributed by atoms with Crippen molar-refractivity contribution in [3.05, 3.63) is 40.4 Å². The Balaban J connectivity index is 2.22. The maximum absolute atomic E-state index is 14.1. The van der Waals surface area contributed by atoms with Crippen LogP contribution < -0.4 is 5.32 Å². The number of hydrogen-bond donors (Lipinski definition) is 1. The number of benzene rings is 1. The molecule has 7 heteroatoms. The monoisotopic (exact) mass is 353 g/mol. The summed E-state index contributed by atoms with van der Waals surface area (Å²) < 4.78 is 19.2. The summed E-state index contributed by atoms with van der Waals surface area (Å²) >= 11 is 6.07. The normalized spacial score (nSPS) is 11.1. The molecule has 0 aliphatic heterocycles. The minimum Gasteiger partial charge on any atom is -0.360 e. The summed E-state index contributed by atoms with van der Waals surface area (Å²) in [5.74, 6) is -0.576. The molecule has 0 fully saturated rings. The van der Waals surface area contributed by atoms with Crippen LogP contribution in [-0.2, 0) is 0 Å². The zero-order valence-electron chi connectivity index (χ0n) is 14.0. The second-order valence-corrected chi connectivity index (χ2v) is 5.75. The average Bonchev–Trinajstić information content (AvgIpc) is 2.93. The Kier molecular flexibility index (Phi) is 6.34. The number of carbonyl (C=O) groups excluding carboxylic acids is 1. The standard InChI is InChI=1S/C17H21ClFN3O2/c1-4-22(5-2)10-9-20-17(23)14-11(3)24-21-16(14)15-12(18)7-6-8-13(15)19/h6-8H,4-5,9-10H2,1-3H3,(H,20,23). The van der Waals surface area contributed by atoms with E-state index in [1.165, 1.54) is 12.1 Å². The third-order valence-electron chi connectivity index (χ3n) is 3.90. The van der Waals surface area contributed by atoms with Crippen molar-refractivity contribution in [1.29, 1.82) is 0 Å². The number of halogens is 2. The zero-order chi connectivity index (χ0) is 17.7. The SMILES string of the molecule is CCN(CC)CCNC(=O)c1c(-c2c(F)cccc2Cl)noc1C. The fourth-order valence-corrected chi connectivity index (χ4v) is 2.74. The number of aryl methyl sites for hydroxylation is 1. The van der Waals surface area contributed by atoms with Gasteiger partial charge in [-0.25, -0.2) is 4.39 Å². The topological polar surface area (TPSA) is 58.4 Å². The largest absolute Gasteiger partial charge is 0.360 e. The molecule has 2 rings (SSSR count).